The molecule has 16 heavy (non-hydrogen) atoms. The van der Waals surface area contributed by atoms with Crippen LogP contribution in [0, 0.1) is 12.7 Å². The maximum absolute atomic E-state index is 13.0. The highest BCUT2D eigenvalue weighted by atomic mass is 19.1. The summed E-state index contributed by atoms with van der Waals surface area (Å²) in [4.78, 5) is 11.8. The molecular weight excluding hydrogens is 207 g/mol. The third-order valence-electron chi connectivity index (χ3n) is 2.56. The van der Waals surface area contributed by atoms with Gasteiger partial charge in [-0.2, -0.15) is 0 Å². The van der Waals surface area contributed by atoms with E-state index in [4.69, 9.17) is 5.73 Å². The van der Waals surface area contributed by atoms with Gasteiger partial charge in [0.2, 0.25) is 0 Å². The summed E-state index contributed by atoms with van der Waals surface area (Å²) in [5.41, 5.74) is 6.61. The number of nitrogens with two attached hydrogens (primary N) is 1. The lowest BCUT2D eigenvalue weighted by atomic mass is 10.1. The molecule has 4 heteroatoms. The van der Waals surface area contributed by atoms with Crippen LogP contribution in [0.5, 0.6) is 0 Å². The van der Waals surface area contributed by atoms with E-state index in [9.17, 15) is 9.18 Å². The van der Waals surface area contributed by atoms with Gasteiger partial charge in [-0.25, -0.2) is 4.39 Å². The summed E-state index contributed by atoms with van der Waals surface area (Å²) in [5.74, 6) is -0.675. The lowest BCUT2D eigenvalue weighted by Gasteiger charge is -2.15. The van der Waals surface area contributed by atoms with E-state index in [0.717, 1.165) is 12.0 Å². The van der Waals surface area contributed by atoms with E-state index in [0.29, 0.717) is 12.1 Å². The minimum Gasteiger partial charge on any atom is -0.348 e. The first-order valence-corrected chi connectivity index (χ1v) is 5.35. The molecule has 88 valence electrons. The second kappa shape index (κ2) is 5.61. The topological polar surface area (TPSA) is 55.1 Å². The number of hydrogen-bond acceptors (Lipinski definition) is 2. The molecule has 0 fully saturated rings. The first kappa shape index (κ1) is 12.6. The molecule has 0 aliphatic heterocycles. The van der Waals surface area contributed by atoms with E-state index in [1.165, 1.54) is 12.1 Å². The largest absolute Gasteiger partial charge is 0.348 e. The Morgan fingerprint density at radius 2 is 2.25 bits per heavy atom. The van der Waals surface area contributed by atoms with Crippen LogP contribution in [0.2, 0.25) is 0 Å². The molecule has 0 aliphatic carbocycles. The highest BCUT2D eigenvalue weighted by Gasteiger charge is 2.13. The standard InChI is InChI=1S/C12H17FN2O/c1-3-10(7-14)15-12(16)11-6-9(13)5-4-8(11)2/h4-6,10H,3,7,14H2,1-2H3,(H,15,16). The van der Waals surface area contributed by atoms with Gasteiger partial charge in [0.05, 0.1) is 0 Å². The van der Waals surface area contributed by atoms with Gasteiger partial charge in [-0.3, -0.25) is 4.79 Å². The third kappa shape index (κ3) is 3.03. The highest BCUT2D eigenvalue weighted by molar-refractivity contribution is 5.95. The first-order chi connectivity index (χ1) is 7.58. The van der Waals surface area contributed by atoms with Crippen molar-refractivity contribution >= 4 is 5.91 Å². The van der Waals surface area contributed by atoms with Gasteiger partial charge in [-0.15, -0.1) is 0 Å². The van der Waals surface area contributed by atoms with Crippen molar-refractivity contribution in [2.45, 2.75) is 26.3 Å². The van der Waals surface area contributed by atoms with Gasteiger partial charge in [0, 0.05) is 18.2 Å². The van der Waals surface area contributed by atoms with E-state index in [1.807, 2.05) is 6.92 Å². The van der Waals surface area contributed by atoms with Crippen LogP contribution in [0.4, 0.5) is 4.39 Å². The summed E-state index contributed by atoms with van der Waals surface area (Å²) in [6.45, 7) is 4.10. The van der Waals surface area contributed by atoms with E-state index in [-0.39, 0.29) is 11.9 Å². The molecule has 1 unspecified atom stereocenters. The molecule has 0 saturated carbocycles. The molecule has 0 heterocycles. The lowest BCUT2D eigenvalue weighted by molar-refractivity contribution is 0.0936. The Morgan fingerprint density at radius 1 is 1.56 bits per heavy atom. The zero-order valence-corrected chi connectivity index (χ0v) is 9.59. The number of aryl methyl sites for hydroxylation is 1. The highest BCUT2D eigenvalue weighted by Crippen LogP contribution is 2.10. The zero-order chi connectivity index (χ0) is 12.1. The third-order valence-corrected chi connectivity index (χ3v) is 2.56. The molecule has 0 spiro atoms. The molecular formula is C12H17FN2O. The molecule has 0 aromatic heterocycles. The van der Waals surface area contributed by atoms with Crippen LogP contribution >= 0.6 is 0 Å². The van der Waals surface area contributed by atoms with E-state index < -0.39 is 5.82 Å². The van der Waals surface area contributed by atoms with Crippen LogP contribution in [0.3, 0.4) is 0 Å². The fourth-order valence-electron chi connectivity index (χ4n) is 1.43. The van der Waals surface area contributed by atoms with Crippen molar-refractivity contribution < 1.29 is 9.18 Å². The molecule has 0 bridgehead atoms. The molecule has 0 saturated heterocycles. The minimum atomic E-state index is -0.406. The maximum atomic E-state index is 13.0. The van der Waals surface area contributed by atoms with Crippen molar-refractivity contribution in [3.63, 3.8) is 0 Å². The van der Waals surface area contributed by atoms with Crippen LogP contribution in [0.15, 0.2) is 18.2 Å². The zero-order valence-electron chi connectivity index (χ0n) is 9.59. The Hall–Kier alpha value is -1.42. The van der Waals surface area contributed by atoms with Crippen LogP contribution in [0.25, 0.3) is 0 Å². The van der Waals surface area contributed by atoms with Crippen molar-refractivity contribution in [1.82, 2.24) is 5.32 Å². The van der Waals surface area contributed by atoms with E-state index in [1.54, 1.807) is 13.0 Å². The Kier molecular flexibility index (Phi) is 4.43. The predicted octanol–water partition coefficient (Wildman–Crippen LogP) is 1.60. The Labute approximate surface area is 94.8 Å². The summed E-state index contributed by atoms with van der Waals surface area (Å²) in [6, 6.07) is 4.11. The summed E-state index contributed by atoms with van der Waals surface area (Å²) in [5, 5.41) is 2.77. The number of amides is 1. The molecule has 3 N–H and O–H groups in total. The van der Waals surface area contributed by atoms with Crippen LogP contribution in [0.1, 0.15) is 29.3 Å². The SMILES string of the molecule is CCC(CN)NC(=O)c1cc(F)ccc1C. The molecule has 1 aromatic carbocycles. The van der Waals surface area contributed by atoms with Gasteiger partial charge < -0.3 is 11.1 Å². The van der Waals surface area contributed by atoms with E-state index in [2.05, 4.69) is 5.32 Å². The summed E-state index contributed by atoms with van der Waals surface area (Å²) in [7, 11) is 0. The molecule has 3 nitrogen and oxygen atoms in total. The number of nitrogens with one attached hydrogen (secondary N) is 1. The number of hydrogen-bond donors (Lipinski definition) is 2. The Balaban J connectivity index is 2.83. The van der Waals surface area contributed by atoms with Gasteiger partial charge in [0.25, 0.3) is 5.91 Å². The molecule has 1 amide bonds. The normalized spacial score (nSPS) is 12.2. The minimum absolute atomic E-state index is 0.0600. The Bertz CT molecular complexity index is 375. The van der Waals surface area contributed by atoms with Crippen molar-refractivity contribution in [3.8, 4) is 0 Å². The number of carbonyl (C=O) groups excluding carboxylic acids is 1. The lowest BCUT2D eigenvalue weighted by Crippen LogP contribution is -2.39. The molecule has 0 radical (unpaired) electrons. The molecule has 1 atom stereocenters. The average molecular weight is 224 g/mol. The quantitative estimate of drug-likeness (QED) is 0.816. The number of benzene rings is 1. The van der Waals surface area contributed by atoms with Crippen molar-refractivity contribution in [2.75, 3.05) is 6.54 Å². The van der Waals surface area contributed by atoms with Gasteiger partial charge in [0.1, 0.15) is 5.82 Å². The summed E-state index contributed by atoms with van der Waals surface area (Å²) in [6.07, 6.45) is 0.761. The smallest absolute Gasteiger partial charge is 0.251 e. The fourth-order valence-corrected chi connectivity index (χ4v) is 1.43. The number of halogens is 1. The van der Waals surface area contributed by atoms with Crippen LogP contribution in [-0.4, -0.2) is 18.5 Å². The monoisotopic (exact) mass is 224 g/mol. The second-order valence-corrected chi connectivity index (χ2v) is 3.77. The number of rotatable bonds is 4. The molecule has 0 aliphatic rings. The summed E-state index contributed by atoms with van der Waals surface area (Å²) >= 11 is 0. The van der Waals surface area contributed by atoms with Gasteiger partial charge in [0.15, 0.2) is 0 Å². The Morgan fingerprint density at radius 3 is 2.81 bits per heavy atom. The first-order valence-electron chi connectivity index (χ1n) is 5.35. The van der Waals surface area contributed by atoms with Crippen molar-refractivity contribution in [2.24, 2.45) is 5.73 Å². The average Bonchev–Trinajstić information content (AvgIpc) is 2.28. The fraction of sp³-hybridized carbons (Fsp3) is 0.417. The number of carbonyl (C=O) groups is 1. The van der Waals surface area contributed by atoms with Gasteiger partial charge in [-0.1, -0.05) is 13.0 Å². The maximum Gasteiger partial charge on any atom is 0.251 e. The predicted molar refractivity (Wildman–Crippen MR) is 61.7 cm³/mol. The van der Waals surface area contributed by atoms with Gasteiger partial charge in [-0.05, 0) is 31.0 Å². The van der Waals surface area contributed by atoms with Crippen molar-refractivity contribution in [1.29, 1.82) is 0 Å². The van der Waals surface area contributed by atoms with Crippen molar-refractivity contribution in [3.05, 3.63) is 35.1 Å². The van der Waals surface area contributed by atoms with Crippen LogP contribution < -0.4 is 11.1 Å². The molecule has 1 aromatic rings. The summed E-state index contributed by atoms with van der Waals surface area (Å²) < 4.78 is 13.0. The van der Waals surface area contributed by atoms with Gasteiger partial charge >= 0.3 is 0 Å². The van der Waals surface area contributed by atoms with Crippen LogP contribution in [-0.2, 0) is 0 Å². The van der Waals surface area contributed by atoms with E-state index >= 15 is 0 Å². The second-order valence-electron chi connectivity index (χ2n) is 3.77. The molecule has 1 rings (SSSR count).